The number of carboxylic acids is 1. The summed E-state index contributed by atoms with van der Waals surface area (Å²) >= 11 is 1.08. The van der Waals surface area contributed by atoms with Crippen LogP contribution in [0.4, 0.5) is 13.2 Å². The highest BCUT2D eigenvalue weighted by atomic mass is 32.2. The Morgan fingerprint density at radius 1 is 1.29 bits per heavy atom. The molecule has 1 N–H and O–H groups in total. The molecule has 0 saturated carbocycles. The van der Waals surface area contributed by atoms with Gasteiger partial charge in [0.1, 0.15) is 0 Å². The maximum Gasteiger partial charge on any atom is 0.396 e. The Labute approximate surface area is 145 Å². The van der Waals surface area contributed by atoms with Gasteiger partial charge in [-0.05, 0) is 35.6 Å². The maximum absolute atomic E-state index is 13.1. The molecule has 2 rings (SSSR count). The van der Waals surface area contributed by atoms with Crippen LogP contribution in [0.5, 0.6) is 0 Å². The number of rotatable bonds is 2. The summed E-state index contributed by atoms with van der Waals surface area (Å²) in [6.07, 6.45) is -3.37. The Morgan fingerprint density at radius 2 is 1.88 bits per heavy atom. The molecule has 134 valence electrons. The van der Waals surface area contributed by atoms with Crippen LogP contribution in [0.25, 0.3) is 6.08 Å². The molecule has 0 saturated heterocycles. The number of alkyl halides is 3. The van der Waals surface area contributed by atoms with Crippen molar-refractivity contribution in [2.75, 3.05) is 5.75 Å². The Morgan fingerprint density at radius 3 is 2.33 bits per heavy atom. The molecule has 0 fully saturated rings. The topological polar surface area (TPSA) is 37.3 Å². The van der Waals surface area contributed by atoms with E-state index in [1.165, 1.54) is 6.08 Å². The summed E-state index contributed by atoms with van der Waals surface area (Å²) in [6, 6.07) is 3.75. The van der Waals surface area contributed by atoms with Gasteiger partial charge in [0, 0.05) is 10.6 Å². The zero-order chi connectivity index (χ0) is 18.7. The van der Waals surface area contributed by atoms with Gasteiger partial charge in [-0.2, -0.15) is 13.2 Å². The van der Waals surface area contributed by atoms with Crippen LogP contribution in [-0.2, 0) is 4.79 Å². The highest BCUT2D eigenvalue weighted by molar-refractivity contribution is 7.99. The fourth-order valence-corrected chi connectivity index (χ4v) is 3.75. The number of benzene rings is 1. The Bertz CT molecular complexity index is 634. The molecule has 1 aliphatic rings. The summed E-state index contributed by atoms with van der Waals surface area (Å²) in [6.45, 7) is 9.83. The lowest BCUT2D eigenvalue weighted by molar-refractivity contribution is -0.163. The molecule has 0 amide bonds. The van der Waals surface area contributed by atoms with Crippen LogP contribution in [0, 0.1) is 12.8 Å². The third-order valence-corrected chi connectivity index (χ3v) is 5.06. The zero-order valence-corrected chi connectivity index (χ0v) is 15.3. The van der Waals surface area contributed by atoms with Crippen LogP contribution in [0.3, 0.4) is 0 Å². The van der Waals surface area contributed by atoms with Crippen molar-refractivity contribution < 1.29 is 23.1 Å². The van der Waals surface area contributed by atoms with Crippen molar-refractivity contribution in [3.8, 4) is 0 Å². The molecular formula is C18H23F3O2S. The van der Waals surface area contributed by atoms with Crippen molar-refractivity contribution in [1.29, 1.82) is 0 Å². The van der Waals surface area contributed by atoms with Crippen LogP contribution in [0.15, 0.2) is 22.6 Å². The van der Waals surface area contributed by atoms with E-state index in [1.807, 2.05) is 40.7 Å². The van der Waals surface area contributed by atoms with Crippen LogP contribution < -0.4 is 0 Å². The molecule has 0 aliphatic carbocycles. The summed E-state index contributed by atoms with van der Waals surface area (Å²) in [7, 11) is 0. The second kappa shape index (κ2) is 8.10. The molecule has 1 heterocycles. The number of carboxylic acid groups (broad SMARTS) is 1. The molecule has 1 atom stereocenters. The first kappa shape index (κ1) is 20.6. The fraction of sp³-hybridized carbons (Fsp3) is 0.500. The highest BCUT2D eigenvalue weighted by Crippen LogP contribution is 2.43. The number of hydrogen-bond donors (Lipinski definition) is 1. The van der Waals surface area contributed by atoms with Gasteiger partial charge in [0.2, 0.25) is 0 Å². The summed E-state index contributed by atoms with van der Waals surface area (Å²) in [5.41, 5.74) is 1.86. The number of aliphatic carboxylic acids is 1. The molecule has 0 aromatic heterocycles. The van der Waals surface area contributed by atoms with E-state index >= 15 is 0 Å². The average Bonchev–Trinajstić information content (AvgIpc) is 2.68. The molecule has 1 aromatic rings. The standard InChI is InChI=1S/C16H17F3O2S.C2H6/c1-8(2)10-4-9(3)14-11(5-10)6-12(15(20)21)13(7-22-14)16(17,18)19;1-2/h4-6,8,13H,7H2,1-3H3,(H,20,21);1-2H3. The normalized spacial score (nSPS) is 17.4. The summed E-state index contributed by atoms with van der Waals surface area (Å²) in [4.78, 5) is 12.0. The number of aryl methyl sites for hydroxylation is 1. The van der Waals surface area contributed by atoms with Gasteiger partial charge in [0.25, 0.3) is 0 Å². The minimum Gasteiger partial charge on any atom is -0.478 e. The van der Waals surface area contributed by atoms with E-state index in [4.69, 9.17) is 0 Å². The molecular weight excluding hydrogens is 337 g/mol. The van der Waals surface area contributed by atoms with Gasteiger partial charge in [-0.1, -0.05) is 39.8 Å². The van der Waals surface area contributed by atoms with Crippen LogP contribution in [-0.4, -0.2) is 23.0 Å². The van der Waals surface area contributed by atoms with Crippen LogP contribution >= 0.6 is 11.8 Å². The van der Waals surface area contributed by atoms with Crippen molar-refractivity contribution >= 4 is 23.8 Å². The largest absolute Gasteiger partial charge is 0.478 e. The monoisotopic (exact) mass is 360 g/mol. The fourth-order valence-electron chi connectivity index (χ4n) is 2.47. The molecule has 24 heavy (non-hydrogen) atoms. The van der Waals surface area contributed by atoms with E-state index in [9.17, 15) is 23.1 Å². The highest BCUT2D eigenvalue weighted by Gasteiger charge is 2.45. The number of carbonyl (C=O) groups is 1. The number of fused-ring (bicyclic) bond motifs is 1. The Kier molecular flexibility index (Phi) is 6.96. The third kappa shape index (κ3) is 4.56. The number of thioether (sulfide) groups is 1. The number of hydrogen-bond acceptors (Lipinski definition) is 2. The lowest BCUT2D eigenvalue weighted by Crippen LogP contribution is -2.29. The van der Waals surface area contributed by atoms with Gasteiger partial charge < -0.3 is 5.11 Å². The van der Waals surface area contributed by atoms with Gasteiger partial charge in [-0.25, -0.2) is 4.79 Å². The summed E-state index contributed by atoms with van der Waals surface area (Å²) in [5, 5.41) is 9.19. The van der Waals surface area contributed by atoms with Gasteiger partial charge >= 0.3 is 12.1 Å². The molecule has 2 nitrogen and oxygen atoms in total. The van der Waals surface area contributed by atoms with E-state index in [0.717, 1.165) is 27.8 Å². The predicted octanol–water partition coefficient (Wildman–Crippen LogP) is 5.90. The molecule has 1 aromatic carbocycles. The molecule has 0 spiro atoms. The van der Waals surface area contributed by atoms with E-state index < -0.39 is 23.6 Å². The van der Waals surface area contributed by atoms with Crippen molar-refractivity contribution in [1.82, 2.24) is 0 Å². The maximum atomic E-state index is 13.1. The molecule has 1 aliphatic heterocycles. The molecule has 0 bridgehead atoms. The SMILES string of the molecule is CC.Cc1cc(C(C)C)cc2c1SCC(C(F)(F)F)C(C(=O)O)=C2. The second-order valence-corrected chi connectivity index (χ2v) is 6.75. The lowest BCUT2D eigenvalue weighted by Gasteiger charge is -2.19. The first-order valence-corrected chi connectivity index (χ1v) is 8.88. The smallest absolute Gasteiger partial charge is 0.396 e. The van der Waals surface area contributed by atoms with Crippen molar-refractivity contribution in [2.24, 2.45) is 5.92 Å². The number of halogens is 3. The van der Waals surface area contributed by atoms with Crippen LogP contribution in [0.1, 0.15) is 50.3 Å². The minimum absolute atomic E-state index is 0.220. The zero-order valence-electron chi connectivity index (χ0n) is 14.5. The van der Waals surface area contributed by atoms with Crippen molar-refractivity contribution in [3.05, 3.63) is 34.4 Å². The van der Waals surface area contributed by atoms with E-state index in [1.54, 1.807) is 6.07 Å². The average molecular weight is 360 g/mol. The Balaban J connectivity index is 0.00000139. The first-order chi connectivity index (χ1) is 11.1. The molecule has 0 radical (unpaired) electrons. The quantitative estimate of drug-likeness (QED) is 0.714. The van der Waals surface area contributed by atoms with Crippen LogP contribution in [0.2, 0.25) is 0 Å². The predicted molar refractivity (Wildman–Crippen MR) is 92.5 cm³/mol. The van der Waals surface area contributed by atoms with Crippen molar-refractivity contribution in [3.63, 3.8) is 0 Å². The summed E-state index contributed by atoms with van der Waals surface area (Å²) in [5.74, 6) is -3.55. The van der Waals surface area contributed by atoms with E-state index in [0.29, 0.717) is 5.56 Å². The van der Waals surface area contributed by atoms with Crippen molar-refractivity contribution in [2.45, 2.75) is 51.6 Å². The lowest BCUT2D eigenvalue weighted by atomic mass is 9.94. The van der Waals surface area contributed by atoms with Gasteiger partial charge in [0.15, 0.2) is 0 Å². The first-order valence-electron chi connectivity index (χ1n) is 7.90. The third-order valence-electron chi connectivity index (χ3n) is 3.72. The Hall–Kier alpha value is -1.43. The van der Waals surface area contributed by atoms with Gasteiger partial charge in [-0.3, -0.25) is 0 Å². The van der Waals surface area contributed by atoms with E-state index in [2.05, 4.69) is 0 Å². The minimum atomic E-state index is -4.56. The van der Waals surface area contributed by atoms with E-state index in [-0.39, 0.29) is 11.7 Å². The van der Waals surface area contributed by atoms with Gasteiger partial charge in [-0.15, -0.1) is 11.8 Å². The van der Waals surface area contributed by atoms with Gasteiger partial charge in [0.05, 0.1) is 11.5 Å². The summed E-state index contributed by atoms with van der Waals surface area (Å²) < 4.78 is 39.4. The molecule has 6 heteroatoms. The molecule has 1 unspecified atom stereocenters. The second-order valence-electron chi connectivity index (χ2n) is 5.72.